The molecule has 0 saturated carbocycles. The van der Waals surface area contributed by atoms with Crippen LogP contribution in [0.3, 0.4) is 0 Å². The number of hydrogen-bond donors (Lipinski definition) is 3. The van der Waals surface area contributed by atoms with Crippen LogP contribution in [0.1, 0.15) is 18.1 Å². The number of benzene rings is 2. The summed E-state index contributed by atoms with van der Waals surface area (Å²) in [7, 11) is 0. The van der Waals surface area contributed by atoms with Gasteiger partial charge in [0.15, 0.2) is 0 Å². The van der Waals surface area contributed by atoms with Crippen LogP contribution in [0.5, 0.6) is 5.75 Å². The van der Waals surface area contributed by atoms with Crippen LogP contribution in [0.25, 0.3) is 11.3 Å². The summed E-state index contributed by atoms with van der Waals surface area (Å²) in [6.07, 6.45) is 2.50. The molecule has 7 heteroatoms. The lowest BCUT2D eigenvalue weighted by molar-refractivity contribution is 0.164. The van der Waals surface area contributed by atoms with Crippen molar-refractivity contribution in [2.75, 3.05) is 31.5 Å². The molecule has 162 valence electrons. The minimum atomic E-state index is -0.184. The van der Waals surface area contributed by atoms with E-state index in [-0.39, 0.29) is 11.6 Å². The van der Waals surface area contributed by atoms with E-state index < -0.39 is 0 Å². The van der Waals surface area contributed by atoms with E-state index in [1.807, 2.05) is 24.3 Å². The number of nitrogens with zero attached hydrogens (tertiary/aromatic N) is 3. The quantitative estimate of drug-likeness (QED) is 0.543. The van der Waals surface area contributed by atoms with E-state index in [1.54, 1.807) is 24.4 Å². The van der Waals surface area contributed by atoms with Gasteiger partial charge in [0.05, 0.1) is 5.69 Å². The Kier molecular flexibility index (Phi) is 6.74. The average Bonchev–Trinajstić information content (AvgIpc) is 2.78. The lowest BCUT2D eigenvalue weighted by Crippen LogP contribution is -2.49. The second-order valence-corrected chi connectivity index (χ2v) is 7.94. The van der Waals surface area contributed by atoms with Gasteiger partial charge in [0.25, 0.3) is 0 Å². The molecule has 1 aliphatic rings. The Hall–Kier alpha value is -3.03. The number of aromatic nitrogens is 2. The van der Waals surface area contributed by atoms with E-state index >= 15 is 0 Å². The highest BCUT2D eigenvalue weighted by atomic mass is 19.1. The van der Waals surface area contributed by atoms with E-state index in [2.05, 4.69) is 32.4 Å². The molecule has 2 heterocycles. The fourth-order valence-corrected chi connectivity index (χ4v) is 3.78. The molecule has 31 heavy (non-hydrogen) atoms. The molecule has 1 fully saturated rings. The average molecular weight is 422 g/mol. The normalized spacial score (nSPS) is 16.9. The predicted molar refractivity (Wildman–Crippen MR) is 120 cm³/mol. The third-order valence-electron chi connectivity index (χ3n) is 5.64. The summed E-state index contributed by atoms with van der Waals surface area (Å²) in [6.45, 7) is 6.18. The molecular weight excluding hydrogens is 393 g/mol. The molecule has 1 aromatic heterocycles. The highest BCUT2D eigenvalue weighted by Crippen LogP contribution is 2.23. The van der Waals surface area contributed by atoms with Crippen molar-refractivity contribution in [1.82, 2.24) is 20.2 Å². The van der Waals surface area contributed by atoms with Crippen molar-refractivity contribution in [1.29, 1.82) is 0 Å². The van der Waals surface area contributed by atoms with Crippen LogP contribution in [0.15, 0.2) is 54.7 Å². The zero-order valence-electron chi connectivity index (χ0n) is 17.7. The summed E-state index contributed by atoms with van der Waals surface area (Å²) >= 11 is 0. The number of phenolic OH excluding ortho intramolecular Hbond substituents is 1. The van der Waals surface area contributed by atoms with Crippen LogP contribution in [0.2, 0.25) is 0 Å². The van der Waals surface area contributed by atoms with E-state index in [1.165, 1.54) is 6.07 Å². The van der Waals surface area contributed by atoms with Crippen LogP contribution in [0, 0.1) is 5.82 Å². The summed E-state index contributed by atoms with van der Waals surface area (Å²) in [5.41, 5.74) is 3.44. The fraction of sp³-hybridized carbons (Fsp3) is 0.333. The van der Waals surface area contributed by atoms with Gasteiger partial charge < -0.3 is 15.7 Å². The Morgan fingerprint density at radius 1 is 1.19 bits per heavy atom. The second-order valence-electron chi connectivity index (χ2n) is 7.94. The summed E-state index contributed by atoms with van der Waals surface area (Å²) in [5.74, 6) is 0.617. The smallest absolute Gasteiger partial charge is 0.223 e. The molecule has 1 saturated heterocycles. The first-order chi connectivity index (χ1) is 15.1. The number of hydrogen-bond acceptors (Lipinski definition) is 6. The number of anilines is 1. The van der Waals surface area contributed by atoms with Gasteiger partial charge in [0.2, 0.25) is 5.95 Å². The van der Waals surface area contributed by atoms with Gasteiger partial charge in [-0.25, -0.2) is 14.4 Å². The predicted octanol–water partition coefficient (Wildman–Crippen LogP) is 3.44. The molecule has 0 spiro atoms. The number of aromatic hydroxyl groups is 1. The van der Waals surface area contributed by atoms with Crippen molar-refractivity contribution in [2.24, 2.45) is 0 Å². The number of rotatable bonds is 7. The van der Waals surface area contributed by atoms with Crippen LogP contribution in [-0.4, -0.2) is 52.2 Å². The SMILES string of the molecule is C[C@H]1CNCCN1Cc1cc(-c2ccnc(NCCc3ccc(O)cc3)n2)ccc1F. The molecule has 3 N–H and O–H groups in total. The summed E-state index contributed by atoms with van der Waals surface area (Å²) in [5, 5.41) is 16.0. The van der Waals surface area contributed by atoms with E-state index in [4.69, 9.17) is 0 Å². The maximum absolute atomic E-state index is 14.5. The van der Waals surface area contributed by atoms with Gasteiger partial charge in [-0.2, -0.15) is 0 Å². The van der Waals surface area contributed by atoms with E-state index in [0.29, 0.717) is 30.6 Å². The zero-order valence-corrected chi connectivity index (χ0v) is 17.7. The van der Waals surface area contributed by atoms with Gasteiger partial charge in [-0.3, -0.25) is 4.90 Å². The van der Waals surface area contributed by atoms with Crippen molar-refractivity contribution in [3.05, 3.63) is 71.7 Å². The summed E-state index contributed by atoms with van der Waals surface area (Å²) in [4.78, 5) is 11.2. The third kappa shape index (κ3) is 5.57. The van der Waals surface area contributed by atoms with Crippen LogP contribution in [0.4, 0.5) is 10.3 Å². The largest absolute Gasteiger partial charge is 0.508 e. The number of nitrogens with one attached hydrogen (secondary N) is 2. The van der Waals surface area contributed by atoms with E-state index in [9.17, 15) is 9.50 Å². The Morgan fingerprint density at radius 3 is 2.84 bits per heavy atom. The highest BCUT2D eigenvalue weighted by molar-refractivity contribution is 5.61. The minimum Gasteiger partial charge on any atom is -0.508 e. The van der Waals surface area contributed by atoms with Crippen molar-refractivity contribution >= 4 is 5.95 Å². The van der Waals surface area contributed by atoms with Gasteiger partial charge in [-0.15, -0.1) is 0 Å². The summed E-state index contributed by atoms with van der Waals surface area (Å²) in [6, 6.07) is 14.6. The van der Waals surface area contributed by atoms with Crippen LogP contribution >= 0.6 is 0 Å². The van der Waals surface area contributed by atoms with Gasteiger partial charge in [0.1, 0.15) is 11.6 Å². The Bertz CT molecular complexity index is 1010. The van der Waals surface area contributed by atoms with Gasteiger partial charge in [0, 0.05) is 56.1 Å². The number of halogens is 1. The first kappa shape index (κ1) is 21.2. The minimum absolute atomic E-state index is 0.184. The molecule has 4 rings (SSSR count). The molecular formula is C24H28FN5O. The first-order valence-electron chi connectivity index (χ1n) is 10.7. The molecule has 3 aromatic rings. The van der Waals surface area contributed by atoms with Crippen molar-refractivity contribution in [2.45, 2.75) is 25.9 Å². The molecule has 6 nitrogen and oxygen atoms in total. The monoisotopic (exact) mass is 421 g/mol. The molecule has 0 aliphatic carbocycles. The maximum atomic E-state index is 14.5. The van der Waals surface area contributed by atoms with E-state index in [0.717, 1.165) is 42.9 Å². The standard InChI is InChI=1S/C24H28FN5O/c1-17-15-26-12-13-30(17)16-20-14-19(4-7-22(20)25)23-9-11-28-24(29-23)27-10-8-18-2-5-21(31)6-3-18/h2-7,9,11,14,17,26,31H,8,10,12-13,15-16H2,1H3,(H,27,28,29)/t17-/m0/s1. The molecule has 1 atom stereocenters. The molecule has 0 amide bonds. The summed E-state index contributed by atoms with van der Waals surface area (Å²) < 4.78 is 14.5. The van der Waals surface area contributed by atoms with Gasteiger partial charge >= 0.3 is 0 Å². The zero-order chi connectivity index (χ0) is 21.6. The Balaban J connectivity index is 1.43. The lowest BCUT2D eigenvalue weighted by atomic mass is 10.1. The first-order valence-corrected chi connectivity index (χ1v) is 10.7. The molecule has 0 radical (unpaired) electrons. The van der Waals surface area contributed by atoms with Crippen LogP contribution < -0.4 is 10.6 Å². The Labute approximate surface area is 182 Å². The van der Waals surface area contributed by atoms with Crippen molar-refractivity contribution < 1.29 is 9.50 Å². The topological polar surface area (TPSA) is 73.3 Å². The van der Waals surface area contributed by atoms with Gasteiger partial charge in [-0.05, 0) is 55.3 Å². The lowest BCUT2D eigenvalue weighted by Gasteiger charge is -2.34. The van der Waals surface area contributed by atoms with Crippen LogP contribution in [-0.2, 0) is 13.0 Å². The maximum Gasteiger partial charge on any atom is 0.223 e. The highest BCUT2D eigenvalue weighted by Gasteiger charge is 2.19. The molecule has 1 aliphatic heterocycles. The Morgan fingerprint density at radius 2 is 2.03 bits per heavy atom. The van der Waals surface area contributed by atoms with Gasteiger partial charge in [-0.1, -0.05) is 12.1 Å². The van der Waals surface area contributed by atoms with Crippen molar-refractivity contribution in [3.8, 4) is 17.0 Å². The third-order valence-corrected chi connectivity index (χ3v) is 5.64. The second kappa shape index (κ2) is 9.85. The molecule has 0 unspecified atom stereocenters. The number of piperazine rings is 1. The molecule has 2 aromatic carbocycles. The number of phenols is 1. The van der Waals surface area contributed by atoms with Crippen molar-refractivity contribution in [3.63, 3.8) is 0 Å². The fourth-order valence-electron chi connectivity index (χ4n) is 3.78. The molecule has 0 bridgehead atoms.